The average Bonchev–Trinajstić information content (AvgIpc) is 2.72. The second-order valence-electron chi connectivity index (χ2n) is 4.39. The summed E-state index contributed by atoms with van der Waals surface area (Å²) in [6.07, 6.45) is -2.28. The monoisotopic (exact) mass is 374 g/mol. The third-order valence-corrected chi connectivity index (χ3v) is 3.53. The van der Waals surface area contributed by atoms with Crippen molar-refractivity contribution < 1.29 is 42.7 Å². The molecule has 1 unspecified atom stereocenters. The standard InChI is InChI=1S/C7H5N3O3.C4H5NO6S/c8-10-9-4-1-2-5(7(12)13)6(11)3-4;6-2-1-3(7)5(4(2)8)12(9,10)11/h1-3,11H,(H,12,13);2,6H,1H2,(H,9,10,11). The molecule has 0 bridgehead atoms. The number of carboxylic acid groups (broad SMARTS) is 1. The zero-order chi connectivity index (χ0) is 19.4. The van der Waals surface area contributed by atoms with Crippen molar-refractivity contribution in [1.82, 2.24) is 4.31 Å². The van der Waals surface area contributed by atoms with Crippen molar-refractivity contribution in [2.75, 3.05) is 0 Å². The Balaban J connectivity index is 0.000000251. The largest absolute Gasteiger partial charge is 0.507 e. The van der Waals surface area contributed by atoms with Gasteiger partial charge in [0.2, 0.25) is 5.91 Å². The molecule has 0 aliphatic carbocycles. The summed E-state index contributed by atoms with van der Waals surface area (Å²) < 4.78 is 28.6. The van der Waals surface area contributed by atoms with Gasteiger partial charge >= 0.3 is 16.3 Å². The third-order valence-electron chi connectivity index (χ3n) is 2.68. The van der Waals surface area contributed by atoms with Gasteiger partial charge in [-0.05, 0) is 17.7 Å². The molecule has 1 aliphatic heterocycles. The fraction of sp³-hybridized carbons (Fsp3) is 0.182. The van der Waals surface area contributed by atoms with E-state index >= 15 is 0 Å². The number of aliphatic hydroxyl groups excluding tert-OH is 1. The van der Waals surface area contributed by atoms with E-state index in [1.54, 1.807) is 0 Å². The molecule has 25 heavy (non-hydrogen) atoms. The number of aliphatic hydroxyl groups is 1. The van der Waals surface area contributed by atoms with Gasteiger partial charge in [0, 0.05) is 10.6 Å². The van der Waals surface area contributed by atoms with E-state index in [9.17, 15) is 22.8 Å². The van der Waals surface area contributed by atoms with Gasteiger partial charge in [0.15, 0.2) is 0 Å². The second-order valence-corrected chi connectivity index (χ2v) is 5.65. The molecule has 4 N–H and O–H groups in total. The number of carbonyl (C=O) groups is 3. The number of hydrogen-bond acceptors (Lipinski definition) is 8. The van der Waals surface area contributed by atoms with Crippen LogP contribution in [0.4, 0.5) is 5.69 Å². The molecule has 0 aromatic heterocycles. The fourth-order valence-corrected chi connectivity index (χ4v) is 2.33. The van der Waals surface area contributed by atoms with E-state index < -0.39 is 46.4 Å². The molecule has 2 amide bonds. The van der Waals surface area contributed by atoms with Crippen LogP contribution in [0.2, 0.25) is 0 Å². The van der Waals surface area contributed by atoms with Crippen LogP contribution in [0, 0.1) is 0 Å². The molecule has 0 saturated carbocycles. The Morgan fingerprint density at radius 2 is 1.96 bits per heavy atom. The molecule has 134 valence electrons. The first kappa shape index (κ1) is 19.9. The summed E-state index contributed by atoms with van der Waals surface area (Å²) in [6, 6.07) is 3.56. The zero-order valence-electron chi connectivity index (χ0n) is 12.0. The molecule has 2 rings (SSSR count). The molecule has 0 radical (unpaired) electrons. The van der Waals surface area contributed by atoms with Crippen molar-refractivity contribution in [2.24, 2.45) is 5.11 Å². The Hall–Kier alpha value is -3.19. The van der Waals surface area contributed by atoms with Crippen molar-refractivity contribution in [3.63, 3.8) is 0 Å². The molecule has 1 aliphatic rings. The SMILES string of the molecule is O=C1CC(O)C(=O)N1S(=O)(=O)O.[N-]=[N+]=Nc1ccc(C(=O)O)c(O)c1. The van der Waals surface area contributed by atoms with Crippen LogP contribution >= 0.6 is 0 Å². The zero-order valence-corrected chi connectivity index (χ0v) is 12.9. The summed E-state index contributed by atoms with van der Waals surface area (Å²) in [6.45, 7) is 0. The van der Waals surface area contributed by atoms with Crippen LogP contribution in [0.15, 0.2) is 23.3 Å². The summed E-state index contributed by atoms with van der Waals surface area (Å²) in [4.78, 5) is 34.2. The third kappa shape index (κ3) is 4.89. The number of hydrogen-bond donors (Lipinski definition) is 4. The van der Waals surface area contributed by atoms with E-state index in [1.165, 1.54) is 12.1 Å². The molecule has 1 aromatic rings. The maximum Gasteiger partial charge on any atom is 0.369 e. The molecule has 1 atom stereocenters. The number of imide groups is 1. The number of carboxylic acids is 1. The lowest BCUT2D eigenvalue weighted by molar-refractivity contribution is -0.135. The summed E-state index contributed by atoms with van der Waals surface area (Å²) in [5, 5.41) is 29.6. The van der Waals surface area contributed by atoms with Gasteiger partial charge in [-0.15, -0.1) is 4.31 Å². The number of aromatic carboxylic acids is 1. The van der Waals surface area contributed by atoms with E-state index in [0.717, 1.165) is 6.07 Å². The maximum atomic E-state index is 10.7. The number of nitrogens with zero attached hydrogens (tertiary/aromatic N) is 4. The number of rotatable bonds is 3. The maximum absolute atomic E-state index is 10.7. The molecule has 1 heterocycles. The summed E-state index contributed by atoms with van der Waals surface area (Å²) in [7, 11) is -4.86. The Kier molecular flexibility index (Phi) is 6.03. The quantitative estimate of drug-likeness (QED) is 0.183. The van der Waals surface area contributed by atoms with Crippen molar-refractivity contribution in [1.29, 1.82) is 0 Å². The van der Waals surface area contributed by atoms with E-state index in [1.807, 2.05) is 0 Å². The Labute approximate surface area is 139 Å². The Morgan fingerprint density at radius 1 is 1.36 bits per heavy atom. The van der Waals surface area contributed by atoms with E-state index in [2.05, 4.69) is 10.0 Å². The van der Waals surface area contributed by atoms with Crippen LogP contribution in [0.1, 0.15) is 16.8 Å². The number of amides is 2. The minimum atomic E-state index is -4.86. The molecule has 0 spiro atoms. The minimum Gasteiger partial charge on any atom is -0.507 e. The van der Waals surface area contributed by atoms with Crippen LogP contribution < -0.4 is 0 Å². The van der Waals surface area contributed by atoms with Gasteiger partial charge < -0.3 is 15.3 Å². The smallest absolute Gasteiger partial charge is 0.369 e. The highest BCUT2D eigenvalue weighted by Crippen LogP contribution is 2.23. The van der Waals surface area contributed by atoms with Crippen LogP contribution in [-0.2, 0) is 19.9 Å². The second kappa shape index (κ2) is 7.59. The first-order valence-corrected chi connectivity index (χ1v) is 7.52. The average molecular weight is 374 g/mol. The van der Waals surface area contributed by atoms with Crippen molar-refractivity contribution >= 4 is 33.8 Å². The van der Waals surface area contributed by atoms with E-state index in [4.69, 9.17) is 25.4 Å². The lowest BCUT2D eigenvalue weighted by atomic mass is 10.2. The molecular weight excluding hydrogens is 364 g/mol. The Bertz CT molecular complexity index is 876. The molecule has 1 saturated heterocycles. The van der Waals surface area contributed by atoms with E-state index in [0.29, 0.717) is 0 Å². The predicted octanol–water partition coefficient (Wildman–Crippen LogP) is -0.0588. The van der Waals surface area contributed by atoms with Crippen LogP contribution in [-0.4, -0.2) is 56.5 Å². The van der Waals surface area contributed by atoms with Gasteiger partial charge in [0.05, 0.1) is 6.42 Å². The summed E-state index contributed by atoms with van der Waals surface area (Å²) in [5.74, 6) is -4.10. The Morgan fingerprint density at radius 3 is 2.28 bits per heavy atom. The molecule has 14 heteroatoms. The topological polar surface area (TPSA) is 218 Å². The number of benzene rings is 1. The van der Waals surface area contributed by atoms with Crippen LogP contribution in [0.25, 0.3) is 10.4 Å². The van der Waals surface area contributed by atoms with Gasteiger partial charge in [0.25, 0.3) is 5.91 Å². The number of carbonyl (C=O) groups excluding carboxylic acids is 2. The van der Waals surface area contributed by atoms with Gasteiger partial charge in [-0.3, -0.25) is 14.1 Å². The summed E-state index contributed by atoms with van der Waals surface area (Å²) in [5.41, 5.74) is 8.00. The van der Waals surface area contributed by atoms with Crippen molar-refractivity contribution in [3.8, 4) is 5.75 Å². The highest BCUT2D eigenvalue weighted by molar-refractivity contribution is 7.84. The highest BCUT2D eigenvalue weighted by Gasteiger charge is 2.44. The predicted molar refractivity (Wildman–Crippen MR) is 77.9 cm³/mol. The molecular formula is C11H10N4O9S. The first-order valence-electron chi connectivity index (χ1n) is 6.13. The minimum absolute atomic E-state index is 0.171. The lowest BCUT2D eigenvalue weighted by Crippen LogP contribution is -2.37. The molecule has 13 nitrogen and oxygen atoms in total. The number of aromatic hydroxyl groups is 1. The fourth-order valence-electron chi connectivity index (χ4n) is 1.65. The van der Waals surface area contributed by atoms with Crippen LogP contribution in [0.5, 0.6) is 5.75 Å². The summed E-state index contributed by atoms with van der Waals surface area (Å²) >= 11 is 0. The number of phenols is 1. The molecule has 1 fully saturated rings. The van der Waals surface area contributed by atoms with Crippen molar-refractivity contribution in [2.45, 2.75) is 12.5 Å². The van der Waals surface area contributed by atoms with Gasteiger partial charge in [0.1, 0.15) is 17.4 Å². The molecule has 1 aromatic carbocycles. The van der Waals surface area contributed by atoms with Gasteiger partial charge in [-0.2, -0.15) is 8.42 Å². The number of azide groups is 1. The first-order chi connectivity index (χ1) is 11.5. The van der Waals surface area contributed by atoms with Crippen LogP contribution in [0.3, 0.4) is 0 Å². The van der Waals surface area contributed by atoms with E-state index in [-0.39, 0.29) is 15.6 Å². The normalized spacial score (nSPS) is 16.7. The highest BCUT2D eigenvalue weighted by atomic mass is 32.2. The lowest BCUT2D eigenvalue weighted by Gasteiger charge is -2.07. The van der Waals surface area contributed by atoms with Crippen molar-refractivity contribution in [3.05, 3.63) is 34.2 Å². The van der Waals surface area contributed by atoms with Gasteiger partial charge in [-0.25, -0.2) is 4.79 Å². The van der Waals surface area contributed by atoms with Gasteiger partial charge in [-0.1, -0.05) is 11.2 Å².